The molecule has 14 nitrogen and oxygen atoms in total. The third-order valence-corrected chi connectivity index (χ3v) is 6.27. The van der Waals surface area contributed by atoms with Gasteiger partial charge >= 0.3 is 12.3 Å². The Balaban J connectivity index is 0.000000234. The lowest BCUT2D eigenvalue weighted by Gasteiger charge is -2.12. The number of nitrogens with zero attached hydrogens (tertiary/aromatic N) is 4. The molecule has 50 heavy (non-hydrogen) atoms. The molecule has 0 radical (unpaired) electrons. The number of carbonyl (C=O) groups excluding carboxylic acids is 4. The zero-order valence-electron chi connectivity index (χ0n) is 27.8. The summed E-state index contributed by atoms with van der Waals surface area (Å²) in [5, 5.41) is 7.99. The Morgan fingerprint density at radius 1 is 0.580 bits per heavy atom. The number of rotatable bonds is 8. The average molecular weight is 685 g/mol. The van der Waals surface area contributed by atoms with E-state index in [0.29, 0.717) is 36.1 Å². The monoisotopic (exact) mass is 684 g/mol. The predicted octanol–water partition coefficient (Wildman–Crippen LogP) is 6.28. The predicted molar refractivity (Wildman–Crippen MR) is 176 cm³/mol. The minimum atomic E-state index is -0.125. The van der Waals surface area contributed by atoms with Gasteiger partial charge in [0.05, 0.1) is 37.4 Å². The zero-order chi connectivity index (χ0) is 36.1. The van der Waals surface area contributed by atoms with E-state index in [0.717, 1.165) is 22.6 Å². The maximum atomic E-state index is 8.12. The van der Waals surface area contributed by atoms with Gasteiger partial charge in [-0.2, -0.15) is 19.2 Å². The van der Waals surface area contributed by atoms with Gasteiger partial charge in [-0.25, -0.2) is 0 Å². The lowest BCUT2D eigenvalue weighted by atomic mass is 10.1. The molecular weight excluding hydrogens is 648 g/mol. The Hall–Kier alpha value is -6.36. The molecule has 0 fully saturated rings. The van der Waals surface area contributed by atoms with Crippen LogP contribution in [-0.2, 0) is 28.9 Å². The standard InChI is InChI=1S/2C17H18N2O3.2CO2/c2*1-12(2)20-14-7-5-13(6-8-14)16-10-17(19-22-16)21-15-4-3-9-18-11-15;2*2-1-3/h2*3-9,11-12,16H,10H2,1-2H3;;/t2*16-;;/m10../s1. The number of ether oxygens (including phenoxy) is 4. The summed E-state index contributed by atoms with van der Waals surface area (Å²) in [6.07, 6.45) is 8.46. The number of hydrogen-bond donors (Lipinski definition) is 0. The highest BCUT2D eigenvalue weighted by Gasteiger charge is 2.25. The van der Waals surface area contributed by atoms with Crippen LogP contribution in [0.3, 0.4) is 0 Å². The molecule has 0 aliphatic carbocycles. The first-order chi connectivity index (χ1) is 24.2. The van der Waals surface area contributed by atoms with E-state index < -0.39 is 0 Å². The van der Waals surface area contributed by atoms with Gasteiger partial charge in [-0.1, -0.05) is 34.6 Å². The van der Waals surface area contributed by atoms with E-state index in [1.807, 2.05) is 100 Å². The summed E-state index contributed by atoms with van der Waals surface area (Å²) >= 11 is 0. The lowest BCUT2D eigenvalue weighted by molar-refractivity contribution is -0.193. The molecular formula is C36H36N4O10. The lowest BCUT2D eigenvalue weighted by Crippen LogP contribution is -2.08. The van der Waals surface area contributed by atoms with Crippen molar-refractivity contribution in [1.29, 1.82) is 0 Å². The highest BCUT2D eigenvalue weighted by molar-refractivity contribution is 5.80. The molecule has 14 heteroatoms. The van der Waals surface area contributed by atoms with Gasteiger partial charge in [0, 0.05) is 12.4 Å². The number of benzene rings is 2. The van der Waals surface area contributed by atoms with Crippen molar-refractivity contribution in [1.82, 2.24) is 9.97 Å². The van der Waals surface area contributed by atoms with Crippen molar-refractivity contribution in [3.8, 4) is 23.0 Å². The van der Waals surface area contributed by atoms with Crippen molar-refractivity contribution in [3.63, 3.8) is 0 Å². The van der Waals surface area contributed by atoms with Crippen molar-refractivity contribution in [2.24, 2.45) is 10.3 Å². The molecule has 0 saturated heterocycles. The van der Waals surface area contributed by atoms with E-state index in [1.165, 1.54) is 0 Å². The van der Waals surface area contributed by atoms with Gasteiger partial charge in [0.2, 0.25) is 11.8 Å². The van der Waals surface area contributed by atoms with E-state index in [9.17, 15) is 0 Å². The van der Waals surface area contributed by atoms with E-state index in [2.05, 4.69) is 20.3 Å². The van der Waals surface area contributed by atoms with Crippen LogP contribution in [0.4, 0.5) is 0 Å². The van der Waals surface area contributed by atoms with Crippen LogP contribution in [-0.4, -0.2) is 46.3 Å². The Bertz CT molecular complexity index is 1570. The molecule has 2 aromatic heterocycles. The first-order valence-electron chi connectivity index (χ1n) is 15.4. The molecule has 0 bridgehead atoms. The number of aromatic nitrogens is 2. The topological polar surface area (TPSA) is 174 Å². The van der Waals surface area contributed by atoms with E-state index in [1.54, 1.807) is 24.8 Å². The molecule has 0 amide bonds. The molecule has 2 aliphatic rings. The summed E-state index contributed by atoms with van der Waals surface area (Å²) in [4.78, 5) is 51.4. The van der Waals surface area contributed by atoms with Crippen LogP contribution in [0.2, 0.25) is 0 Å². The minimum Gasteiger partial charge on any atom is -0.491 e. The van der Waals surface area contributed by atoms with Crippen LogP contribution in [0.5, 0.6) is 23.0 Å². The van der Waals surface area contributed by atoms with Gasteiger partial charge in [-0.15, -0.1) is 0 Å². The van der Waals surface area contributed by atoms with E-state index in [4.69, 9.17) is 47.8 Å². The quantitative estimate of drug-likeness (QED) is 0.204. The van der Waals surface area contributed by atoms with E-state index >= 15 is 0 Å². The summed E-state index contributed by atoms with van der Waals surface area (Å²) in [5.74, 6) is 4.13. The molecule has 2 atom stereocenters. The minimum absolute atomic E-state index is 0.125. The smallest absolute Gasteiger partial charge is 0.373 e. The number of oxime groups is 2. The van der Waals surface area contributed by atoms with Crippen LogP contribution >= 0.6 is 0 Å². The molecule has 4 heterocycles. The Morgan fingerprint density at radius 3 is 1.24 bits per heavy atom. The second-order valence-electron chi connectivity index (χ2n) is 10.8. The normalized spacial score (nSPS) is 15.3. The summed E-state index contributed by atoms with van der Waals surface area (Å²) in [6.45, 7) is 8.02. The molecule has 2 aromatic carbocycles. The Morgan fingerprint density at radius 2 is 0.940 bits per heavy atom. The first kappa shape index (κ1) is 38.1. The van der Waals surface area contributed by atoms with Crippen LogP contribution in [0, 0.1) is 0 Å². The van der Waals surface area contributed by atoms with Gasteiger partial charge in [-0.3, -0.25) is 9.97 Å². The largest absolute Gasteiger partial charge is 0.491 e. The molecule has 0 N–H and O–H groups in total. The van der Waals surface area contributed by atoms with Crippen LogP contribution in [0.15, 0.2) is 108 Å². The molecule has 4 aromatic rings. The van der Waals surface area contributed by atoms with Gasteiger partial charge in [-0.05, 0) is 87.4 Å². The fourth-order valence-corrected chi connectivity index (χ4v) is 4.34. The Kier molecular flexibility index (Phi) is 15.8. The second-order valence-corrected chi connectivity index (χ2v) is 10.8. The fourth-order valence-electron chi connectivity index (χ4n) is 4.34. The maximum absolute atomic E-state index is 8.12. The highest BCUT2D eigenvalue weighted by atomic mass is 16.7. The maximum Gasteiger partial charge on any atom is 0.373 e. The zero-order valence-corrected chi connectivity index (χ0v) is 27.8. The van der Waals surface area contributed by atoms with Crippen molar-refractivity contribution in [2.45, 2.75) is 65.0 Å². The van der Waals surface area contributed by atoms with Gasteiger partial charge < -0.3 is 28.6 Å². The highest BCUT2D eigenvalue weighted by Crippen LogP contribution is 2.31. The molecule has 6 rings (SSSR count). The number of hydrogen-bond acceptors (Lipinski definition) is 14. The molecule has 0 saturated carbocycles. The van der Waals surface area contributed by atoms with Crippen molar-refractivity contribution in [2.75, 3.05) is 0 Å². The Labute approximate surface area is 288 Å². The van der Waals surface area contributed by atoms with Crippen molar-refractivity contribution >= 4 is 24.1 Å². The van der Waals surface area contributed by atoms with Crippen LogP contribution in [0.25, 0.3) is 0 Å². The molecule has 2 aliphatic heterocycles. The summed E-state index contributed by atoms with van der Waals surface area (Å²) in [5.41, 5.74) is 2.09. The van der Waals surface area contributed by atoms with Gasteiger partial charge in [0.25, 0.3) is 0 Å². The van der Waals surface area contributed by atoms with Gasteiger partial charge in [0.1, 0.15) is 23.0 Å². The molecule has 260 valence electrons. The summed E-state index contributed by atoms with van der Waals surface area (Å²) in [7, 11) is 0. The van der Waals surface area contributed by atoms with Gasteiger partial charge in [0.15, 0.2) is 12.2 Å². The average Bonchev–Trinajstić information content (AvgIpc) is 3.77. The van der Waals surface area contributed by atoms with Crippen LogP contribution in [0.1, 0.15) is 63.9 Å². The van der Waals surface area contributed by atoms with Crippen molar-refractivity contribution < 1.29 is 47.8 Å². The number of pyridine rings is 2. The second kappa shape index (κ2) is 20.8. The van der Waals surface area contributed by atoms with E-state index in [-0.39, 0.29) is 36.7 Å². The third-order valence-electron chi connectivity index (χ3n) is 6.27. The third kappa shape index (κ3) is 13.4. The summed E-state index contributed by atoms with van der Waals surface area (Å²) in [6, 6.07) is 23.0. The fraction of sp³-hybridized carbons (Fsp3) is 0.278. The molecule has 0 unspecified atom stereocenters. The van der Waals surface area contributed by atoms with Crippen molar-refractivity contribution in [3.05, 3.63) is 109 Å². The SMILES string of the molecule is CC(C)Oc1ccc([C@@H]2CC(Oc3cccnc3)=NO2)cc1.CC(C)Oc1ccc([C@H]2CC(Oc3cccnc3)=NO2)cc1.O=C=O.O=C=O. The molecule has 0 spiro atoms. The first-order valence-corrected chi connectivity index (χ1v) is 15.4. The van der Waals surface area contributed by atoms with Crippen LogP contribution < -0.4 is 18.9 Å². The summed E-state index contributed by atoms with van der Waals surface area (Å²) < 4.78 is 22.5.